The molecule has 1 N–H and O–H groups in total. The summed E-state index contributed by atoms with van der Waals surface area (Å²) in [7, 11) is -1.42. The van der Waals surface area contributed by atoms with Gasteiger partial charge in [0.05, 0.1) is 15.7 Å². The van der Waals surface area contributed by atoms with E-state index in [4.69, 9.17) is 0 Å². The lowest BCUT2D eigenvalue weighted by atomic mass is 10.3. The molecule has 2 rings (SSSR count). The minimum absolute atomic E-state index is 0.0752. The highest BCUT2D eigenvalue weighted by molar-refractivity contribution is 7.85. The fraction of sp³-hybridized carbons (Fsp3) is 0.500. The van der Waals surface area contributed by atoms with Gasteiger partial charge in [0.15, 0.2) is 0 Å². The summed E-state index contributed by atoms with van der Waals surface area (Å²) >= 11 is 0. The summed E-state index contributed by atoms with van der Waals surface area (Å²) in [6.45, 7) is 0.923. The van der Waals surface area contributed by atoms with Gasteiger partial charge in [0, 0.05) is 24.1 Å². The Balaban J connectivity index is 2.15. The predicted octanol–water partition coefficient (Wildman–Crippen LogP) is 0.849. The number of nitrogens with zero attached hydrogens (tertiary/aromatic N) is 2. The molecule has 2 heterocycles. The Morgan fingerprint density at radius 1 is 1.65 bits per heavy atom. The lowest BCUT2D eigenvalue weighted by Crippen LogP contribution is -2.28. The second kappa shape index (κ2) is 5.33. The van der Waals surface area contributed by atoms with Gasteiger partial charge in [-0.2, -0.15) is 0 Å². The first-order valence-electron chi connectivity index (χ1n) is 5.39. The van der Waals surface area contributed by atoms with E-state index in [2.05, 4.69) is 10.3 Å². The molecule has 6 nitrogen and oxygen atoms in total. The van der Waals surface area contributed by atoms with Crippen LogP contribution < -0.4 is 5.32 Å². The minimum Gasteiger partial charge on any atom is -0.313 e. The lowest BCUT2D eigenvalue weighted by Gasteiger charge is -2.08. The van der Waals surface area contributed by atoms with E-state index in [1.165, 1.54) is 18.3 Å². The Morgan fingerprint density at radius 2 is 2.47 bits per heavy atom. The van der Waals surface area contributed by atoms with Crippen LogP contribution in [0.3, 0.4) is 0 Å². The molecule has 7 heteroatoms. The Labute approximate surface area is 101 Å². The third-order valence-electron chi connectivity index (χ3n) is 2.68. The minimum atomic E-state index is -1.42. The molecule has 0 aliphatic carbocycles. The van der Waals surface area contributed by atoms with E-state index in [1.54, 1.807) is 0 Å². The fourth-order valence-corrected chi connectivity index (χ4v) is 3.22. The maximum atomic E-state index is 12.0. The Morgan fingerprint density at radius 3 is 3.12 bits per heavy atom. The predicted molar refractivity (Wildman–Crippen MR) is 63.2 cm³/mol. The average molecular weight is 255 g/mol. The molecule has 0 unspecified atom stereocenters. The normalized spacial score (nSPS) is 21.3. The molecular weight excluding hydrogens is 242 g/mol. The van der Waals surface area contributed by atoms with Crippen molar-refractivity contribution in [3.8, 4) is 0 Å². The van der Waals surface area contributed by atoms with Gasteiger partial charge in [0.2, 0.25) is 5.03 Å². The summed E-state index contributed by atoms with van der Waals surface area (Å²) < 4.78 is 12.0. The van der Waals surface area contributed by atoms with Crippen molar-refractivity contribution in [1.29, 1.82) is 0 Å². The highest BCUT2D eigenvalue weighted by Crippen LogP contribution is 2.20. The van der Waals surface area contributed by atoms with E-state index in [0.717, 1.165) is 19.4 Å². The van der Waals surface area contributed by atoms with Crippen LogP contribution in [0.1, 0.15) is 12.8 Å². The molecule has 1 saturated heterocycles. The van der Waals surface area contributed by atoms with Gasteiger partial charge >= 0.3 is 5.69 Å². The van der Waals surface area contributed by atoms with Crippen molar-refractivity contribution in [2.24, 2.45) is 0 Å². The molecule has 17 heavy (non-hydrogen) atoms. The molecule has 1 aromatic heterocycles. The summed E-state index contributed by atoms with van der Waals surface area (Å²) in [5.74, 6) is 0.387. The van der Waals surface area contributed by atoms with Gasteiger partial charge in [-0.3, -0.25) is 14.3 Å². The summed E-state index contributed by atoms with van der Waals surface area (Å²) in [5, 5.41) is 14.1. The zero-order chi connectivity index (χ0) is 12.3. The average Bonchev–Trinajstić information content (AvgIpc) is 2.81. The molecular formula is C10H13N3O3S. The molecule has 0 spiro atoms. The van der Waals surface area contributed by atoms with Gasteiger partial charge < -0.3 is 5.32 Å². The number of hydrogen-bond acceptors (Lipinski definition) is 5. The van der Waals surface area contributed by atoms with Crippen molar-refractivity contribution >= 4 is 16.5 Å². The number of hydrogen-bond donors (Lipinski definition) is 1. The maximum absolute atomic E-state index is 12.0. The first kappa shape index (κ1) is 12.1. The van der Waals surface area contributed by atoms with Gasteiger partial charge in [-0.25, -0.2) is 4.98 Å². The third kappa shape index (κ3) is 2.86. The molecule has 1 fully saturated rings. The molecule has 1 aliphatic heterocycles. The quantitative estimate of drug-likeness (QED) is 0.636. The van der Waals surface area contributed by atoms with Crippen LogP contribution in [0.2, 0.25) is 0 Å². The van der Waals surface area contributed by atoms with Crippen molar-refractivity contribution in [2.75, 3.05) is 12.3 Å². The first-order chi connectivity index (χ1) is 8.18. The summed E-state index contributed by atoms with van der Waals surface area (Å²) in [4.78, 5) is 14.1. The summed E-state index contributed by atoms with van der Waals surface area (Å²) in [6, 6.07) is 2.99. The van der Waals surface area contributed by atoms with Gasteiger partial charge in [-0.1, -0.05) is 0 Å². The van der Waals surface area contributed by atoms with Crippen LogP contribution in [-0.2, 0) is 10.8 Å². The van der Waals surface area contributed by atoms with Gasteiger partial charge in [0.25, 0.3) is 0 Å². The van der Waals surface area contributed by atoms with E-state index in [0.29, 0.717) is 5.75 Å². The Hall–Kier alpha value is -1.34. The van der Waals surface area contributed by atoms with Gasteiger partial charge in [-0.05, 0) is 25.5 Å². The number of nitro groups is 1. The molecule has 0 aromatic carbocycles. The molecule has 2 atom stereocenters. The second-order valence-electron chi connectivity index (χ2n) is 3.89. The number of pyridine rings is 1. The highest BCUT2D eigenvalue weighted by atomic mass is 32.2. The molecule has 1 aromatic rings. The lowest BCUT2D eigenvalue weighted by molar-refractivity contribution is -0.388. The van der Waals surface area contributed by atoms with E-state index in [1.807, 2.05) is 0 Å². The van der Waals surface area contributed by atoms with Gasteiger partial charge in [-0.15, -0.1) is 0 Å². The first-order valence-corrected chi connectivity index (χ1v) is 6.71. The summed E-state index contributed by atoms with van der Waals surface area (Å²) in [5.41, 5.74) is -0.163. The molecule has 1 aliphatic rings. The molecule has 0 bridgehead atoms. The Bertz CT molecular complexity index is 446. The third-order valence-corrected chi connectivity index (χ3v) is 4.13. The molecule has 0 saturated carbocycles. The van der Waals surface area contributed by atoms with E-state index in [-0.39, 0.29) is 16.8 Å². The van der Waals surface area contributed by atoms with Crippen molar-refractivity contribution in [3.05, 3.63) is 28.4 Å². The van der Waals surface area contributed by atoms with Crippen LogP contribution in [0.4, 0.5) is 5.69 Å². The van der Waals surface area contributed by atoms with E-state index in [9.17, 15) is 14.3 Å². The van der Waals surface area contributed by atoms with Crippen molar-refractivity contribution in [3.63, 3.8) is 0 Å². The van der Waals surface area contributed by atoms with Crippen LogP contribution in [0, 0.1) is 10.1 Å². The number of aromatic nitrogens is 1. The monoisotopic (exact) mass is 255 g/mol. The van der Waals surface area contributed by atoms with Gasteiger partial charge in [0.1, 0.15) is 0 Å². The largest absolute Gasteiger partial charge is 0.313 e. The number of nitrogens with one attached hydrogen (secondary N) is 1. The van der Waals surface area contributed by atoms with Crippen molar-refractivity contribution < 1.29 is 9.13 Å². The highest BCUT2D eigenvalue weighted by Gasteiger charge is 2.24. The molecule has 92 valence electrons. The molecule has 0 radical (unpaired) electrons. The van der Waals surface area contributed by atoms with Crippen LogP contribution >= 0.6 is 0 Å². The van der Waals surface area contributed by atoms with Crippen LogP contribution in [0.15, 0.2) is 23.4 Å². The second-order valence-corrected chi connectivity index (χ2v) is 5.30. The van der Waals surface area contributed by atoms with Crippen LogP contribution in [0.25, 0.3) is 0 Å². The van der Waals surface area contributed by atoms with Crippen molar-refractivity contribution in [2.45, 2.75) is 23.9 Å². The smallest absolute Gasteiger partial charge is 0.303 e. The van der Waals surface area contributed by atoms with Crippen LogP contribution in [0.5, 0.6) is 0 Å². The van der Waals surface area contributed by atoms with E-state index >= 15 is 0 Å². The zero-order valence-corrected chi connectivity index (χ0v) is 9.98. The topological polar surface area (TPSA) is 85.1 Å². The van der Waals surface area contributed by atoms with E-state index < -0.39 is 15.7 Å². The standard InChI is InChI=1S/C10H13N3O3S/c14-13(15)9-4-2-6-12-10(9)17(16)7-8-3-1-5-11-8/h2,4,6,8,11H,1,3,5,7H2/t8-,17-/m0/s1. The zero-order valence-electron chi connectivity index (χ0n) is 9.17. The van der Waals surface area contributed by atoms with Crippen LogP contribution in [-0.4, -0.2) is 32.5 Å². The fourth-order valence-electron chi connectivity index (χ4n) is 1.86. The Kier molecular flexibility index (Phi) is 3.80. The molecule has 0 amide bonds. The summed E-state index contributed by atoms with van der Waals surface area (Å²) in [6.07, 6.45) is 3.46. The maximum Gasteiger partial charge on any atom is 0.303 e. The van der Waals surface area contributed by atoms with Crippen molar-refractivity contribution in [1.82, 2.24) is 10.3 Å². The SMILES string of the molecule is O=[N+]([O-])c1cccnc1[S@@](=O)C[C@@H]1CCCN1. The number of rotatable bonds is 4.